The minimum atomic E-state index is 0.484. The van der Waals surface area contributed by atoms with E-state index in [4.69, 9.17) is 16.2 Å². The second-order valence-corrected chi connectivity index (χ2v) is 2.51. The molecule has 1 aromatic rings. The van der Waals surface area contributed by atoms with Crippen LogP contribution in [0, 0.1) is 0 Å². The molecule has 0 aliphatic carbocycles. The molecule has 0 unspecified atom stereocenters. The quantitative estimate of drug-likeness (QED) is 0.714. The molecule has 1 aromatic heterocycles. The summed E-state index contributed by atoms with van der Waals surface area (Å²) in [5.41, 5.74) is 12.3. The van der Waals surface area contributed by atoms with Crippen LogP contribution in [-0.2, 0) is 0 Å². The minimum Gasteiger partial charge on any atom is -0.481 e. The van der Waals surface area contributed by atoms with Gasteiger partial charge in [0.15, 0.2) is 0 Å². The van der Waals surface area contributed by atoms with Crippen LogP contribution in [0.4, 0.5) is 5.69 Å². The van der Waals surface area contributed by atoms with Crippen LogP contribution >= 0.6 is 0 Å². The summed E-state index contributed by atoms with van der Waals surface area (Å²) in [5.74, 6) is 0.555. The van der Waals surface area contributed by atoms with E-state index in [1.165, 1.54) is 0 Å². The summed E-state index contributed by atoms with van der Waals surface area (Å²) in [6.07, 6.45) is 5.21. The normalized spacial score (nSPS) is 10.6. The Balaban J connectivity index is 3.01. The van der Waals surface area contributed by atoms with Crippen molar-refractivity contribution in [3.05, 3.63) is 23.9 Å². The topological polar surface area (TPSA) is 74.2 Å². The molecule has 0 saturated heterocycles. The zero-order chi connectivity index (χ0) is 9.68. The molecule has 0 bridgehead atoms. The Morgan fingerprint density at radius 1 is 1.62 bits per heavy atom. The Bertz CT molecular complexity index is 310. The summed E-state index contributed by atoms with van der Waals surface area (Å²) < 4.78 is 5.04. The van der Waals surface area contributed by atoms with Crippen LogP contribution < -0.4 is 16.2 Å². The van der Waals surface area contributed by atoms with Gasteiger partial charge in [-0.1, -0.05) is 12.2 Å². The van der Waals surface area contributed by atoms with Gasteiger partial charge >= 0.3 is 0 Å². The highest BCUT2D eigenvalue weighted by Gasteiger charge is 2.00. The Hall–Kier alpha value is -1.55. The van der Waals surface area contributed by atoms with Gasteiger partial charge in [0.05, 0.1) is 19.0 Å². The van der Waals surface area contributed by atoms with Crippen molar-refractivity contribution in [2.75, 3.05) is 19.4 Å². The molecule has 0 amide bonds. The van der Waals surface area contributed by atoms with Crippen LogP contribution in [-0.4, -0.2) is 18.6 Å². The zero-order valence-electron chi connectivity index (χ0n) is 7.53. The van der Waals surface area contributed by atoms with Crippen molar-refractivity contribution < 1.29 is 4.74 Å². The maximum Gasteiger partial charge on any atom is 0.220 e. The highest BCUT2D eigenvalue weighted by molar-refractivity contribution is 5.59. The molecule has 4 N–H and O–H groups in total. The molecule has 0 aliphatic rings. The summed E-state index contributed by atoms with van der Waals surface area (Å²) in [7, 11) is 1.57. The van der Waals surface area contributed by atoms with E-state index in [2.05, 4.69) is 4.98 Å². The van der Waals surface area contributed by atoms with E-state index in [0.29, 0.717) is 18.1 Å². The fourth-order valence-corrected chi connectivity index (χ4v) is 0.971. The van der Waals surface area contributed by atoms with E-state index in [1.54, 1.807) is 19.4 Å². The first-order valence-corrected chi connectivity index (χ1v) is 3.94. The predicted octanol–water partition coefficient (Wildman–Crippen LogP) is 0.644. The Morgan fingerprint density at radius 3 is 3.00 bits per heavy atom. The summed E-state index contributed by atoms with van der Waals surface area (Å²) in [4.78, 5) is 4.01. The number of aromatic nitrogens is 1. The van der Waals surface area contributed by atoms with Crippen LogP contribution in [0.3, 0.4) is 0 Å². The van der Waals surface area contributed by atoms with Gasteiger partial charge in [-0.3, -0.25) is 0 Å². The van der Waals surface area contributed by atoms with E-state index in [9.17, 15) is 0 Å². The molecule has 0 aliphatic heterocycles. The summed E-state index contributed by atoms with van der Waals surface area (Å²) >= 11 is 0. The van der Waals surface area contributed by atoms with Crippen molar-refractivity contribution in [1.29, 1.82) is 0 Å². The predicted molar refractivity (Wildman–Crippen MR) is 53.3 cm³/mol. The number of ether oxygens (including phenoxy) is 1. The molecule has 4 nitrogen and oxygen atoms in total. The molecule has 70 valence electrons. The van der Waals surface area contributed by atoms with Gasteiger partial charge in [-0.2, -0.15) is 0 Å². The SMILES string of the molecule is COc1ncc(N)cc1C=CCN. The van der Waals surface area contributed by atoms with Crippen molar-refractivity contribution in [2.24, 2.45) is 5.73 Å². The number of nitrogen functional groups attached to an aromatic ring is 1. The van der Waals surface area contributed by atoms with Crippen LogP contribution in [0.5, 0.6) is 5.88 Å². The Morgan fingerprint density at radius 2 is 2.38 bits per heavy atom. The molecule has 0 atom stereocenters. The van der Waals surface area contributed by atoms with E-state index in [1.807, 2.05) is 12.2 Å². The summed E-state index contributed by atoms with van der Waals surface area (Å²) in [6.45, 7) is 0.484. The molecule has 0 fully saturated rings. The van der Waals surface area contributed by atoms with Gasteiger partial charge in [0.2, 0.25) is 5.88 Å². The number of nitrogens with zero attached hydrogens (tertiary/aromatic N) is 1. The van der Waals surface area contributed by atoms with E-state index in [0.717, 1.165) is 5.56 Å². The number of nitrogens with two attached hydrogens (primary N) is 2. The summed E-state index contributed by atoms with van der Waals surface area (Å²) in [5, 5.41) is 0. The Labute approximate surface area is 77.2 Å². The van der Waals surface area contributed by atoms with Gasteiger partial charge in [0.25, 0.3) is 0 Å². The molecule has 1 heterocycles. The molecule has 0 aromatic carbocycles. The lowest BCUT2D eigenvalue weighted by molar-refractivity contribution is 0.397. The fraction of sp³-hybridized carbons (Fsp3) is 0.222. The van der Waals surface area contributed by atoms with Crippen molar-refractivity contribution in [3.8, 4) is 5.88 Å². The number of hydrogen-bond acceptors (Lipinski definition) is 4. The van der Waals surface area contributed by atoms with Gasteiger partial charge in [0, 0.05) is 12.1 Å². The molecule has 1 rings (SSSR count). The lowest BCUT2D eigenvalue weighted by Gasteiger charge is -2.03. The number of anilines is 1. The van der Waals surface area contributed by atoms with Crippen LogP contribution in [0.25, 0.3) is 6.08 Å². The maximum atomic E-state index is 5.57. The van der Waals surface area contributed by atoms with Crippen LogP contribution in [0.2, 0.25) is 0 Å². The molecule has 4 heteroatoms. The first-order valence-electron chi connectivity index (χ1n) is 3.94. The maximum absolute atomic E-state index is 5.57. The van der Waals surface area contributed by atoms with Crippen molar-refractivity contribution in [1.82, 2.24) is 4.98 Å². The number of hydrogen-bond donors (Lipinski definition) is 2. The molecular weight excluding hydrogens is 166 g/mol. The average Bonchev–Trinajstić information content (AvgIpc) is 2.15. The van der Waals surface area contributed by atoms with Crippen molar-refractivity contribution >= 4 is 11.8 Å². The van der Waals surface area contributed by atoms with Crippen LogP contribution in [0.1, 0.15) is 5.56 Å². The Kier molecular flexibility index (Phi) is 3.28. The largest absolute Gasteiger partial charge is 0.481 e. The lowest BCUT2D eigenvalue weighted by Crippen LogP contribution is -1.95. The van der Waals surface area contributed by atoms with Gasteiger partial charge in [0.1, 0.15) is 0 Å². The van der Waals surface area contributed by atoms with Gasteiger partial charge in [-0.05, 0) is 6.07 Å². The van der Waals surface area contributed by atoms with E-state index < -0.39 is 0 Å². The second kappa shape index (κ2) is 4.47. The summed E-state index contributed by atoms with van der Waals surface area (Å²) in [6, 6.07) is 1.79. The highest BCUT2D eigenvalue weighted by Crippen LogP contribution is 2.18. The first-order chi connectivity index (χ1) is 6.27. The number of rotatable bonds is 3. The van der Waals surface area contributed by atoms with Gasteiger partial charge < -0.3 is 16.2 Å². The molecule has 0 radical (unpaired) electrons. The van der Waals surface area contributed by atoms with E-state index >= 15 is 0 Å². The van der Waals surface area contributed by atoms with Crippen molar-refractivity contribution in [3.63, 3.8) is 0 Å². The monoisotopic (exact) mass is 179 g/mol. The molecule has 13 heavy (non-hydrogen) atoms. The standard InChI is InChI=1S/C9H13N3O/c1-13-9-7(3-2-4-10)5-8(11)6-12-9/h2-3,5-6H,4,10-11H2,1H3. The highest BCUT2D eigenvalue weighted by atomic mass is 16.5. The third kappa shape index (κ3) is 2.45. The van der Waals surface area contributed by atoms with E-state index in [-0.39, 0.29) is 0 Å². The zero-order valence-corrected chi connectivity index (χ0v) is 7.53. The van der Waals surface area contributed by atoms with Crippen LogP contribution in [0.15, 0.2) is 18.3 Å². The first kappa shape index (κ1) is 9.54. The molecule has 0 saturated carbocycles. The van der Waals surface area contributed by atoms with Gasteiger partial charge in [-0.15, -0.1) is 0 Å². The molecule has 0 spiro atoms. The number of pyridine rings is 1. The smallest absolute Gasteiger partial charge is 0.220 e. The number of methoxy groups -OCH3 is 1. The van der Waals surface area contributed by atoms with Gasteiger partial charge in [-0.25, -0.2) is 4.98 Å². The third-order valence-corrected chi connectivity index (χ3v) is 1.53. The third-order valence-electron chi connectivity index (χ3n) is 1.53. The average molecular weight is 179 g/mol. The lowest BCUT2D eigenvalue weighted by atomic mass is 10.2. The fourth-order valence-electron chi connectivity index (χ4n) is 0.971. The van der Waals surface area contributed by atoms with Crippen molar-refractivity contribution in [2.45, 2.75) is 0 Å². The second-order valence-electron chi connectivity index (χ2n) is 2.51. The minimum absolute atomic E-state index is 0.484. The molecular formula is C9H13N3O.